The monoisotopic (exact) mass is 433 g/mol. The van der Waals surface area contributed by atoms with Crippen molar-refractivity contribution < 1.29 is 14.3 Å². The van der Waals surface area contributed by atoms with E-state index in [1.165, 1.54) is 18.3 Å². The summed E-state index contributed by atoms with van der Waals surface area (Å²) in [5, 5.41) is 3.50. The Morgan fingerprint density at radius 1 is 1.21 bits per heavy atom. The molecule has 9 heteroatoms. The minimum atomic E-state index is -0.892. The van der Waals surface area contributed by atoms with Crippen LogP contribution in [0.2, 0.25) is 10.0 Å². The van der Waals surface area contributed by atoms with Crippen molar-refractivity contribution in [2.75, 3.05) is 11.9 Å². The van der Waals surface area contributed by atoms with Crippen LogP contribution in [0.15, 0.2) is 41.3 Å². The molecular weight excluding hydrogens is 417 g/mol. The number of aromatic nitrogens is 2. The van der Waals surface area contributed by atoms with E-state index in [1.807, 2.05) is 13.8 Å². The molecule has 0 bridgehead atoms. The summed E-state index contributed by atoms with van der Waals surface area (Å²) < 4.78 is 6.71. The number of fused-ring (bicyclic) bond motifs is 1. The molecule has 0 aliphatic rings. The van der Waals surface area contributed by atoms with Crippen molar-refractivity contribution in [2.24, 2.45) is 0 Å². The van der Waals surface area contributed by atoms with Gasteiger partial charge in [0.2, 0.25) is 5.43 Å². The maximum Gasteiger partial charge on any atom is 0.344 e. The van der Waals surface area contributed by atoms with Crippen molar-refractivity contribution in [2.45, 2.75) is 20.4 Å². The minimum absolute atomic E-state index is 0.165. The average molecular weight is 434 g/mol. The van der Waals surface area contributed by atoms with Crippen LogP contribution in [-0.2, 0) is 16.1 Å². The number of nitrogens with zero attached hydrogens (tertiary/aromatic N) is 2. The van der Waals surface area contributed by atoms with Crippen LogP contribution < -0.4 is 10.7 Å². The standard InChI is InChI=1S/C20H17Cl2N3O4/c1-3-25-9-14(18(27)13-6-4-11(2)23-19(13)25)20(28)29-10-17(26)24-16-7-5-12(21)8-15(16)22/h4-9H,3,10H2,1-2H3,(H,24,26). The van der Waals surface area contributed by atoms with Gasteiger partial charge in [0.1, 0.15) is 11.2 Å². The molecule has 1 N–H and O–H groups in total. The number of anilines is 1. The number of esters is 1. The molecule has 1 amide bonds. The molecule has 2 heterocycles. The van der Waals surface area contributed by atoms with Gasteiger partial charge >= 0.3 is 5.97 Å². The minimum Gasteiger partial charge on any atom is -0.452 e. The topological polar surface area (TPSA) is 90.3 Å². The highest BCUT2D eigenvalue weighted by atomic mass is 35.5. The molecule has 29 heavy (non-hydrogen) atoms. The van der Waals surface area contributed by atoms with E-state index in [0.717, 1.165) is 5.69 Å². The summed E-state index contributed by atoms with van der Waals surface area (Å²) in [5.41, 5.74) is 0.916. The summed E-state index contributed by atoms with van der Waals surface area (Å²) in [7, 11) is 0. The number of aryl methyl sites for hydroxylation is 2. The Kier molecular flexibility index (Phi) is 6.20. The number of amides is 1. The zero-order valence-corrected chi connectivity index (χ0v) is 17.2. The number of benzene rings is 1. The second-order valence-electron chi connectivity index (χ2n) is 6.23. The number of halogens is 2. The summed E-state index contributed by atoms with van der Waals surface area (Å²) in [6, 6.07) is 7.89. The fourth-order valence-corrected chi connectivity index (χ4v) is 3.19. The molecule has 3 aromatic rings. The Morgan fingerprint density at radius 2 is 1.97 bits per heavy atom. The van der Waals surface area contributed by atoms with Crippen LogP contribution in [0.4, 0.5) is 5.69 Å². The average Bonchev–Trinajstić information content (AvgIpc) is 2.68. The lowest BCUT2D eigenvalue weighted by atomic mass is 10.2. The number of carbonyl (C=O) groups excluding carboxylic acids is 2. The molecule has 0 saturated carbocycles. The highest BCUT2D eigenvalue weighted by Gasteiger charge is 2.18. The number of rotatable bonds is 5. The number of hydrogen-bond acceptors (Lipinski definition) is 5. The van der Waals surface area contributed by atoms with E-state index in [1.54, 1.807) is 22.8 Å². The smallest absolute Gasteiger partial charge is 0.344 e. The quantitative estimate of drug-likeness (QED) is 0.617. The van der Waals surface area contributed by atoms with Gasteiger partial charge in [-0.1, -0.05) is 23.2 Å². The second kappa shape index (κ2) is 8.63. The van der Waals surface area contributed by atoms with Gasteiger partial charge in [-0.25, -0.2) is 9.78 Å². The molecule has 2 aromatic heterocycles. The molecule has 150 valence electrons. The molecule has 0 spiro atoms. The third kappa shape index (κ3) is 4.58. The predicted molar refractivity (Wildman–Crippen MR) is 112 cm³/mol. The number of nitrogens with one attached hydrogen (secondary N) is 1. The van der Waals surface area contributed by atoms with Gasteiger partial charge in [0, 0.05) is 23.5 Å². The van der Waals surface area contributed by atoms with Crippen LogP contribution in [0.3, 0.4) is 0 Å². The molecule has 0 fully saturated rings. The van der Waals surface area contributed by atoms with Crippen molar-refractivity contribution in [3.63, 3.8) is 0 Å². The Balaban J connectivity index is 1.77. The Bertz CT molecular complexity index is 1170. The summed E-state index contributed by atoms with van der Waals surface area (Å²) >= 11 is 11.8. The van der Waals surface area contributed by atoms with E-state index in [0.29, 0.717) is 28.3 Å². The van der Waals surface area contributed by atoms with Crippen molar-refractivity contribution in [1.29, 1.82) is 0 Å². The molecule has 3 rings (SSSR count). The van der Waals surface area contributed by atoms with Crippen molar-refractivity contribution in [3.05, 3.63) is 68.1 Å². The SMILES string of the molecule is CCn1cc(C(=O)OCC(=O)Nc2ccc(Cl)cc2Cl)c(=O)c2ccc(C)nc21. The molecule has 0 aliphatic carbocycles. The number of carbonyl (C=O) groups is 2. The normalized spacial score (nSPS) is 10.8. The maximum atomic E-state index is 12.7. The fourth-order valence-electron chi connectivity index (χ4n) is 2.73. The Labute approximate surface area is 176 Å². The van der Waals surface area contributed by atoms with Crippen molar-refractivity contribution in [3.8, 4) is 0 Å². The first-order valence-electron chi connectivity index (χ1n) is 8.73. The lowest BCUT2D eigenvalue weighted by Gasteiger charge is -2.11. The van der Waals surface area contributed by atoms with Gasteiger partial charge in [0.05, 0.1) is 16.1 Å². The molecule has 0 radical (unpaired) electrons. The molecule has 0 unspecified atom stereocenters. The van der Waals surface area contributed by atoms with E-state index in [4.69, 9.17) is 27.9 Å². The molecule has 0 atom stereocenters. The van der Waals surface area contributed by atoms with Crippen LogP contribution in [0.1, 0.15) is 23.0 Å². The van der Waals surface area contributed by atoms with Crippen molar-refractivity contribution in [1.82, 2.24) is 9.55 Å². The zero-order chi connectivity index (χ0) is 21.1. The van der Waals surface area contributed by atoms with Gasteiger partial charge in [-0.3, -0.25) is 9.59 Å². The van der Waals surface area contributed by atoms with Crippen LogP contribution >= 0.6 is 23.2 Å². The maximum absolute atomic E-state index is 12.7. The fraction of sp³-hybridized carbons (Fsp3) is 0.200. The van der Waals surface area contributed by atoms with E-state index >= 15 is 0 Å². The Morgan fingerprint density at radius 3 is 2.66 bits per heavy atom. The third-order valence-corrected chi connectivity index (χ3v) is 4.71. The van der Waals surface area contributed by atoms with Gasteiger partial charge in [-0.05, 0) is 44.2 Å². The van der Waals surface area contributed by atoms with E-state index < -0.39 is 23.9 Å². The zero-order valence-electron chi connectivity index (χ0n) is 15.7. The highest BCUT2D eigenvalue weighted by Crippen LogP contribution is 2.25. The van der Waals surface area contributed by atoms with E-state index in [9.17, 15) is 14.4 Å². The lowest BCUT2D eigenvalue weighted by molar-refractivity contribution is -0.119. The predicted octanol–water partition coefficient (Wildman–Crippen LogP) is 3.83. The first-order chi connectivity index (χ1) is 13.8. The van der Waals surface area contributed by atoms with Crippen molar-refractivity contribution >= 4 is 51.8 Å². The summed E-state index contributed by atoms with van der Waals surface area (Å²) in [6.07, 6.45) is 1.40. The summed E-state index contributed by atoms with van der Waals surface area (Å²) in [5.74, 6) is -1.49. The van der Waals surface area contributed by atoms with Crippen LogP contribution in [0.25, 0.3) is 11.0 Å². The first kappa shape index (κ1) is 20.8. The highest BCUT2D eigenvalue weighted by molar-refractivity contribution is 6.36. The lowest BCUT2D eigenvalue weighted by Crippen LogP contribution is -2.25. The number of hydrogen-bond donors (Lipinski definition) is 1. The summed E-state index contributed by atoms with van der Waals surface area (Å²) in [6.45, 7) is 3.61. The van der Waals surface area contributed by atoms with Crippen LogP contribution in [0.5, 0.6) is 0 Å². The van der Waals surface area contributed by atoms with Gasteiger partial charge in [-0.15, -0.1) is 0 Å². The number of pyridine rings is 2. The molecule has 1 aromatic carbocycles. The van der Waals surface area contributed by atoms with E-state index in [2.05, 4.69) is 10.3 Å². The van der Waals surface area contributed by atoms with Gasteiger partial charge < -0.3 is 14.6 Å². The van der Waals surface area contributed by atoms with Gasteiger partial charge in [-0.2, -0.15) is 0 Å². The largest absolute Gasteiger partial charge is 0.452 e. The second-order valence-corrected chi connectivity index (χ2v) is 7.07. The third-order valence-electron chi connectivity index (χ3n) is 4.16. The molecule has 0 aliphatic heterocycles. The first-order valence-corrected chi connectivity index (χ1v) is 9.48. The Hall–Kier alpha value is -2.90. The number of ether oxygens (including phenoxy) is 1. The molecule has 7 nitrogen and oxygen atoms in total. The van der Waals surface area contributed by atoms with Gasteiger partial charge in [0.25, 0.3) is 5.91 Å². The van der Waals surface area contributed by atoms with Gasteiger partial charge in [0.15, 0.2) is 6.61 Å². The molecule has 0 saturated heterocycles. The van der Waals surface area contributed by atoms with E-state index in [-0.39, 0.29) is 10.6 Å². The van der Waals surface area contributed by atoms with Crippen LogP contribution in [-0.4, -0.2) is 28.0 Å². The van der Waals surface area contributed by atoms with Crippen LogP contribution in [0, 0.1) is 6.92 Å². The summed E-state index contributed by atoms with van der Waals surface area (Å²) in [4.78, 5) is 41.5. The molecular formula is C20H17Cl2N3O4.